The highest BCUT2D eigenvalue weighted by molar-refractivity contribution is 4.92. The second-order valence-electron chi connectivity index (χ2n) is 11.4. The Labute approximate surface area is 200 Å². The average Bonchev–Trinajstić information content (AvgIpc) is 2.85. The van der Waals surface area contributed by atoms with Crippen LogP contribution in [0.4, 0.5) is 8.78 Å². The Morgan fingerprint density at radius 2 is 1.24 bits per heavy atom. The van der Waals surface area contributed by atoms with Crippen LogP contribution in [0.5, 0.6) is 0 Å². The zero-order chi connectivity index (χ0) is 23.0. The average molecular weight is 469 g/mol. The zero-order valence-electron chi connectivity index (χ0n) is 20.7. The molecule has 0 amide bonds. The van der Waals surface area contributed by atoms with Crippen LogP contribution in [-0.4, -0.2) is 32.2 Å². The molecule has 0 bridgehead atoms. The van der Waals surface area contributed by atoms with E-state index in [0.29, 0.717) is 17.9 Å². The molecule has 0 aromatic heterocycles. The maximum atomic E-state index is 12.5. The van der Waals surface area contributed by atoms with Crippen LogP contribution in [0.25, 0.3) is 0 Å². The minimum absolute atomic E-state index is 0.00989. The molecular weight excluding hydrogens is 422 g/mol. The Morgan fingerprint density at radius 1 is 0.727 bits per heavy atom. The van der Waals surface area contributed by atoms with E-state index in [1.165, 1.54) is 70.3 Å². The molecule has 1 heterocycles. The molecule has 0 aromatic rings. The summed E-state index contributed by atoms with van der Waals surface area (Å²) < 4.78 is 43.7. The lowest BCUT2D eigenvalue weighted by atomic mass is 9.69. The number of allylic oxidation sites excluding steroid dienone is 1. The Kier molecular flexibility index (Phi) is 10.1. The Morgan fingerprint density at radius 3 is 1.82 bits per heavy atom. The van der Waals surface area contributed by atoms with Gasteiger partial charge < -0.3 is 14.2 Å². The summed E-state index contributed by atoms with van der Waals surface area (Å²) in [6.07, 6.45) is 16.4. The second-order valence-corrected chi connectivity index (χ2v) is 11.4. The fourth-order valence-corrected chi connectivity index (χ4v) is 7.05. The molecule has 1 saturated heterocycles. The molecule has 0 atom stereocenters. The third kappa shape index (κ3) is 7.48. The van der Waals surface area contributed by atoms with Crippen molar-refractivity contribution in [3.05, 3.63) is 12.2 Å². The highest BCUT2D eigenvalue weighted by atomic mass is 19.3. The third-order valence-electron chi connectivity index (χ3n) is 9.23. The van der Waals surface area contributed by atoms with E-state index in [9.17, 15) is 8.78 Å². The van der Waals surface area contributed by atoms with Crippen molar-refractivity contribution >= 4 is 0 Å². The molecule has 33 heavy (non-hydrogen) atoms. The molecule has 0 N–H and O–H groups in total. The fourth-order valence-electron chi connectivity index (χ4n) is 7.05. The van der Waals surface area contributed by atoms with Gasteiger partial charge in [0.1, 0.15) is 0 Å². The van der Waals surface area contributed by atoms with Gasteiger partial charge in [0.15, 0.2) is 6.29 Å². The van der Waals surface area contributed by atoms with E-state index in [0.717, 1.165) is 63.3 Å². The van der Waals surface area contributed by atoms with Crippen LogP contribution < -0.4 is 0 Å². The van der Waals surface area contributed by atoms with Crippen LogP contribution in [0.2, 0.25) is 0 Å². The summed E-state index contributed by atoms with van der Waals surface area (Å²) in [6.45, 7) is 4.86. The Bertz CT molecular complexity index is 576. The van der Waals surface area contributed by atoms with Gasteiger partial charge in [-0.15, -0.1) is 0 Å². The van der Waals surface area contributed by atoms with Crippen molar-refractivity contribution in [1.82, 2.24) is 0 Å². The van der Waals surface area contributed by atoms with Crippen LogP contribution in [0, 0.1) is 35.5 Å². The van der Waals surface area contributed by atoms with Gasteiger partial charge in [0.2, 0.25) is 0 Å². The van der Waals surface area contributed by atoms with Gasteiger partial charge in [-0.25, -0.2) is 0 Å². The highest BCUT2D eigenvalue weighted by Crippen LogP contribution is 2.44. The van der Waals surface area contributed by atoms with Crippen molar-refractivity contribution in [3.63, 3.8) is 0 Å². The number of unbranched alkanes of at least 4 members (excludes halogenated alkanes) is 1. The van der Waals surface area contributed by atoms with Crippen LogP contribution in [0.3, 0.4) is 0 Å². The lowest BCUT2D eigenvalue weighted by Gasteiger charge is -2.42. The second kappa shape index (κ2) is 13.0. The molecule has 4 rings (SSSR count). The molecule has 3 saturated carbocycles. The van der Waals surface area contributed by atoms with Gasteiger partial charge in [0.05, 0.1) is 19.3 Å². The standard InChI is InChI=1S/C28H46F2O3/c1-2-3-16-31-26-14-12-23(13-15-26)25-18-32-28(33-19-25)24-10-8-22(9-11-24)21-6-4-20(5-7-21)17-27(29)30/h17,20-26,28H,2-16,18-19H2,1H3. The lowest BCUT2D eigenvalue weighted by Crippen LogP contribution is -2.42. The number of halogens is 2. The normalized spacial score (nSPS) is 40.3. The molecule has 4 fully saturated rings. The molecule has 5 heteroatoms. The van der Waals surface area contributed by atoms with Gasteiger partial charge in [-0.3, -0.25) is 0 Å². The summed E-state index contributed by atoms with van der Waals surface area (Å²) in [5, 5.41) is 0. The van der Waals surface area contributed by atoms with E-state index in [4.69, 9.17) is 14.2 Å². The third-order valence-corrected chi connectivity index (χ3v) is 9.23. The number of hydrogen-bond acceptors (Lipinski definition) is 3. The summed E-state index contributed by atoms with van der Waals surface area (Å²) in [4.78, 5) is 0. The molecule has 0 unspecified atom stereocenters. The van der Waals surface area contributed by atoms with Gasteiger partial charge in [-0.2, -0.15) is 8.78 Å². The smallest absolute Gasteiger partial charge is 0.266 e. The number of ether oxygens (including phenoxy) is 3. The van der Waals surface area contributed by atoms with Crippen molar-refractivity contribution < 1.29 is 23.0 Å². The van der Waals surface area contributed by atoms with Crippen LogP contribution in [-0.2, 0) is 14.2 Å². The van der Waals surface area contributed by atoms with Crippen LogP contribution >= 0.6 is 0 Å². The predicted octanol–water partition coefficient (Wildman–Crippen LogP) is 7.74. The van der Waals surface area contributed by atoms with Crippen LogP contribution in [0.15, 0.2) is 12.2 Å². The topological polar surface area (TPSA) is 27.7 Å². The van der Waals surface area contributed by atoms with E-state index in [2.05, 4.69) is 6.92 Å². The minimum atomic E-state index is -1.50. The largest absolute Gasteiger partial charge is 0.378 e. The van der Waals surface area contributed by atoms with Crippen molar-refractivity contribution in [3.8, 4) is 0 Å². The van der Waals surface area contributed by atoms with Gasteiger partial charge in [-0.1, -0.05) is 13.3 Å². The summed E-state index contributed by atoms with van der Waals surface area (Å²) in [5.41, 5.74) is 0. The maximum Gasteiger partial charge on any atom is 0.266 e. The minimum Gasteiger partial charge on any atom is -0.378 e. The van der Waals surface area contributed by atoms with E-state index < -0.39 is 6.08 Å². The van der Waals surface area contributed by atoms with Crippen molar-refractivity contribution in [2.75, 3.05) is 19.8 Å². The SMILES string of the molecule is CCCCOC1CCC(C2COC(C3CCC(C4CCC(C=C(F)F)CC4)CC3)OC2)CC1. The summed E-state index contributed by atoms with van der Waals surface area (Å²) in [7, 11) is 0. The molecule has 1 aliphatic heterocycles. The molecule has 0 spiro atoms. The lowest BCUT2D eigenvalue weighted by molar-refractivity contribution is -0.238. The van der Waals surface area contributed by atoms with Crippen molar-refractivity contribution in [2.24, 2.45) is 35.5 Å². The zero-order valence-corrected chi connectivity index (χ0v) is 20.7. The quantitative estimate of drug-likeness (QED) is 0.341. The van der Waals surface area contributed by atoms with E-state index in [-0.39, 0.29) is 12.2 Å². The summed E-state index contributed by atoms with van der Waals surface area (Å²) in [5.74, 6) is 3.41. The molecule has 3 aliphatic carbocycles. The first-order valence-electron chi connectivity index (χ1n) is 14.0. The van der Waals surface area contributed by atoms with Crippen molar-refractivity contribution in [2.45, 2.75) is 109 Å². The maximum absolute atomic E-state index is 12.5. The van der Waals surface area contributed by atoms with Gasteiger partial charge in [0, 0.05) is 18.4 Å². The first-order chi connectivity index (χ1) is 16.1. The molecular formula is C28H46F2O3. The molecule has 3 nitrogen and oxygen atoms in total. The molecule has 4 aliphatic rings. The summed E-state index contributed by atoms with van der Waals surface area (Å²) >= 11 is 0. The van der Waals surface area contributed by atoms with Gasteiger partial charge in [-0.05, 0) is 113 Å². The van der Waals surface area contributed by atoms with E-state index in [1.54, 1.807) is 0 Å². The monoisotopic (exact) mass is 468 g/mol. The highest BCUT2D eigenvalue weighted by Gasteiger charge is 2.38. The summed E-state index contributed by atoms with van der Waals surface area (Å²) in [6, 6.07) is 0. The van der Waals surface area contributed by atoms with Gasteiger partial charge >= 0.3 is 0 Å². The van der Waals surface area contributed by atoms with Gasteiger partial charge in [0.25, 0.3) is 6.08 Å². The Balaban J connectivity index is 1.11. The van der Waals surface area contributed by atoms with E-state index in [1.807, 2.05) is 0 Å². The molecule has 0 aromatic carbocycles. The van der Waals surface area contributed by atoms with Crippen LogP contribution in [0.1, 0.15) is 96.8 Å². The Hall–Kier alpha value is -0.520. The first-order valence-corrected chi connectivity index (χ1v) is 14.0. The number of rotatable bonds is 8. The predicted molar refractivity (Wildman–Crippen MR) is 127 cm³/mol. The number of hydrogen-bond donors (Lipinski definition) is 0. The van der Waals surface area contributed by atoms with Crippen molar-refractivity contribution in [1.29, 1.82) is 0 Å². The van der Waals surface area contributed by atoms with E-state index >= 15 is 0 Å². The first kappa shape index (κ1) is 25.6. The fraction of sp³-hybridized carbons (Fsp3) is 0.929. The molecule has 190 valence electrons. The molecule has 0 radical (unpaired) electrons.